The average molecular weight is 227 g/mol. The van der Waals surface area contributed by atoms with E-state index in [9.17, 15) is 4.79 Å². The van der Waals surface area contributed by atoms with E-state index in [1.165, 1.54) is 5.56 Å². The maximum atomic E-state index is 10.4. The van der Waals surface area contributed by atoms with Crippen LogP contribution in [0.15, 0.2) is 12.1 Å². The van der Waals surface area contributed by atoms with Crippen molar-refractivity contribution in [2.75, 3.05) is 0 Å². The summed E-state index contributed by atoms with van der Waals surface area (Å²) in [6.07, 6.45) is 1.70. The lowest BCUT2D eigenvalue weighted by Gasteiger charge is -2.07. The lowest BCUT2D eigenvalue weighted by molar-refractivity contribution is -0.137. The van der Waals surface area contributed by atoms with Crippen LogP contribution in [0, 0.1) is 13.8 Å². The summed E-state index contributed by atoms with van der Waals surface area (Å²) in [6, 6.07) is 3.98. The zero-order valence-corrected chi connectivity index (χ0v) is 9.77. The van der Waals surface area contributed by atoms with Crippen molar-refractivity contribution in [3.8, 4) is 0 Å². The van der Waals surface area contributed by atoms with Crippen LogP contribution in [-0.4, -0.2) is 11.1 Å². The first-order valence-electron chi connectivity index (χ1n) is 4.98. The van der Waals surface area contributed by atoms with E-state index in [1.54, 1.807) is 0 Å². The summed E-state index contributed by atoms with van der Waals surface area (Å²) >= 11 is 5.98. The van der Waals surface area contributed by atoms with Crippen molar-refractivity contribution < 1.29 is 9.90 Å². The van der Waals surface area contributed by atoms with Crippen LogP contribution in [0.5, 0.6) is 0 Å². The van der Waals surface area contributed by atoms with Gasteiger partial charge in [0.05, 0.1) is 0 Å². The Morgan fingerprint density at radius 3 is 2.60 bits per heavy atom. The van der Waals surface area contributed by atoms with E-state index in [0.717, 1.165) is 22.6 Å². The van der Waals surface area contributed by atoms with Crippen LogP contribution in [-0.2, 0) is 11.2 Å². The van der Waals surface area contributed by atoms with E-state index in [2.05, 4.69) is 0 Å². The molecule has 0 bridgehead atoms. The zero-order valence-electron chi connectivity index (χ0n) is 9.01. The van der Waals surface area contributed by atoms with Gasteiger partial charge in [-0.15, -0.1) is 0 Å². The topological polar surface area (TPSA) is 37.3 Å². The molecule has 0 aromatic heterocycles. The van der Waals surface area contributed by atoms with E-state index in [4.69, 9.17) is 16.7 Å². The molecule has 1 N–H and O–H groups in total. The van der Waals surface area contributed by atoms with E-state index < -0.39 is 5.97 Å². The van der Waals surface area contributed by atoms with Crippen molar-refractivity contribution in [1.82, 2.24) is 0 Å². The molecule has 2 nitrogen and oxygen atoms in total. The summed E-state index contributed by atoms with van der Waals surface area (Å²) in [5.41, 5.74) is 3.38. The van der Waals surface area contributed by atoms with Gasteiger partial charge < -0.3 is 5.11 Å². The van der Waals surface area contributed by atoms with Crippen molar-refractivity contribution in [1.29, 1.82) is 0 Å². The van der Waals surface area contributed by atoms with Crippen LogP contribution in [0.3, 0.4) is 0 Å². The molecule has 0 amide bonds. The van der Waals surface area contributed by atoms with Crippen molar-refractivity contribution in [2.24, 2.45) is 0 Å². The van der Waals surface area contributed by atoms with Gasteiger partial charge in [-0.25, -0.2) is 0 Å². The van der Waals surface area contributed by atoms with Gasteiger partial charge in [0, 0.05) is 11.4 Å². The summed E-state index contributed by atoms with van der Waals surface area (Å²) < 4.78 is 0. The Hall–Kier alpha value is -1.02. The minimum Gasteiger partial charge on any atom is -0.481 e. The summed E-state index contributed by atoms with van der Waals surface area (Å²) in [5, 5.41) is 9.31. The first-order valence-corrected chi connectivity index (χ1v) is 5.36. The van der Waals surface area contributed by atoms with Gasteiger partial charge in [-0.2, -0.15) is 0 Å². The predicted molar refractivity (Wildman–Crippen MR) is 61.5 cm³/mol. The van der Waals surface area contributed by atoms with E-state index in [1.807, 2.05) is 26.0 Å². The second-order valence-electron chi connectivity index (χ2n) is 3.78. The summed E-state index contributed by atoms with van der Waals surface area (Å²) in [6.45, 7) is 3.96. The molecule has 0 fully saturated rings. The van der Waals surface area contributed by atoms with E-state index in [0.29, 0.717) is 6.42 Å². The highest BCUT2D eigenvalue weighted by molar-refractivity contribution is 6.31. The quantitative estimate of drug-likeness (QED) is 0.855. The molecule has 1 aromatic carbocycles. The Morgan fingerprint density at radius 1 is 1.33 bits per heavy atom. The Balaban J connectivity index is 2.69. The fourth-order valence-electron chi connectivity index (χ4n) is 1.54. The Bertz CT molecular complexity index is 372. The molecule has 0 atom stereocenters. The van der Waals surface area contributed by atoms with Crippen LogP contribution in [0.1, 0.15) is 29.5 Å². The third-order valence-electron chi connectivity index (χ3n) is 2.45. The fraction of sp³-hybridized carbons (Fsp3) is 0.417. The van der Waals surface area contributed by atoms with Gasteiger partial charge in [-0.3, -0.25) is 4.79 Å². The lowest BCUT2D eigenvalue weighted by atomic mass is 10.0. The standard InChI is InChI=1S/C12H15ClO2/c1-8-7-11(13)9(2)6-10(8)4-3-5-12(14)15/h6-7H,3-5H2,1-2H3,(H,14,15). The van der Waals surface area contributed by atoms with Crippen molar-refractivity contribution in [3.05, 3.63) is 33.8 Å². The smallest absolute Gasteiger partial charge is 0.303 e. The first kappa shape index (κ1) is 12.1. The SMILES string of the molecule is Cc1cc(CCCC(=O)O)c(C)cc1Cl. The number of aryl methyl sites for hydroxylation is 3. The van der Waals surface area contributed by atoms with Gasteiger partial charge in [-0.05, 0) is 49.4 Å². The van der Waals surface area contributed by atoms with Crippen molar-refractivity contribution >= 4 is 17.6 Å². The van der Waals surface area contributed by atoms with E-state index >= 15 is 0 Å². The maximum Gasteiger partial charge on any atom is 0.303 e. The largest absolute Gasteiger partial charge is 0.481 e. The first-order chi connectivity index (χ1) is 7.00. The highest BCUT2D eigenvalue weighted by Crippen LogP contribution is 2.21. The number of hydrogen-bond acceptors (Lipinski definition) is 1. The maximum absolute atomic E-state index is 10.4. The fourth-order valence-corrected chi connectivity index (χ4v) is 1.76. The molecule has 1 rings (SSSR count). The molecule has 15 heavy (non-hydrogen) atoms. The zero-order chi connectivity index (χ0) is 11.4. The number of aliphatic carboxylic acids is 1. The molecule has 0 aliphatic carbocycles. The van der Waals surface area contributed by atoms with Crippen LogP contribution in [0.4, 0.5) is 0 Å². The minimum absolute atomic E-state index is 0.223. The third kappa shape index (κ3) is 3.56. The molecule has 0 radical (unpaired) electrons. The third-order valence-corrected chi connectivity index (χ3v) is 2.86. The second-order valence-corrected chi connectivity index (χ2v) is 4.18. The van der Waals surface area contributed by atoms with Gasteiger partial charge in [0.15, 0.2) is 0 Å². The molecule has 0 saturated carbocycles. The van der Waals surface area contributed by atoms with Gasteiger partial charge >= 0.3 is 5.97 Å². The monoisotopic (exact) mass is 226 g/mol. The van der Waals surface area contributed by atoms with Crippen LogP contribution in [0.25, 0.3) is 0 Å². The van der Waals surface area contributed by atoms with Gasteiger partial charge in [0.1, 0.15) is 0 Å². The lowest BCUT2D eigenvalue weighted by Crippen LogP contribution is -1.97. The molecule has 1 aromatic rings. The summed E-state index contributed by atoms with van der Waals surface area (Å²) in [5.74, 6) is -0.738. The minimum atomic E-state index is -0.738. The molecule has 82 valence electrons. The highest BCUT2D eigenvalue weighted by atomic mass is 35.5. The molecular weight excluding hydrogens is 212 g/mol. The summed E-state index contributed by atoms with van der Waals surface area (Å²) in [7, 11) is 0. The average Bonchev–Trinajstić information content (AvgIpc) is 2.13. The normalized spacial score (nSPS) is 10.3. The molecule has 0 saturated heterocycles. The number of carboxylic acids is 1. The molecule has 0 aliphatic rings. The van der Waals surface area contributed by atoms with Crippen LogP contribution < -0.4 is 0 Å². The number of halogens is 1. The van der Waals surface area contributed by atoms with Crippen molar-refractivity contribution in [3.63, 3.8) is 0 Å². The number of hydrogen-bond donors (Lipinski definition) is 1. The van der Waals surface area contributed by atoms with Crippen LogP contribution in [0.2, 0.25) is 5.02 Å². The van der Waals surface area contributed by atoms with Gasteiger partial charge in [-0.1, -0.05) is 17.7 Å². The highest BCUT2D eigenvalue weighted by Gasteiger charge is 2.04. The van der Waals surface area contributed by atoms with Gasteiger partial charge in [0.25, 0.3) is 0 Å². The number of benzene rings is 1. The second kappa shape index (κ2) is 5.17. The van der Waals surface area contributed by atoms with Crippen LogP contribution >= 0.6 is 11.6 Å². The van der Waals surface area contributed by atoms with Crippen molar-refractivity contribution in [2.45, 2.75) is 33.1 Å². The Morgan fingerprint density at radius 2 is 2.00 bits per heavy atom. The number of rotatable bonds is 4. The number of carbonyl (C=O) groups is 1. The molecule has 0 aliphatic heterocycles. The molecule has 3 heteroatoms. The molecule has 0 spiro atoms. The molecule has 0 unspecified atom stereocenters. The van der Waals surface area contributed by atoms with Gasteiger partial charge in [0.2, 0.25) is 0 Å². The summed E-state index contributed by atoms with van der Waals surface area (Å²) in [4.78, 5) is 10.4. The number of carboxylic acid groups (broad SMARTS) is 1. The molecule has 0 heterocycles. The predicted octanol–water partition coefficient (Wildman–Crippen LogP) is 3.36. The Kier molecular flexibility index (Phi) is 4.15. The molecular formula is C12H15ClO2. The Labute approximate surface area is 94.9 Å². The van der Waals surface area contributed by atoms with E-state index in [-0.39, 0.29) is 6.42 Å².